The lowest BCUT2D eigenvalue weighted by Crippen LogP contribution is -2.07. The van der Waals surface area contributed by atoms with E-state index >= 15 is 0 Å². The molecule has 0 spiro atoms. The summed E-state index contributed by atoms with van der Waals surface area (Å²) in [6.45, 7) is 0. The van der Waals surface area contributed by atoms with Gasteiger partial charge in [-0.1, -0.05) is 6.07 Å². The molecule has 7 nitrogen and oxygen atoms in total. The standard InChI is InChI=1S/C18H16O7/c1-22-13-6-9(4-5-11(13)19)10-8-25-18-15(16(10)21)14(23-2)7-12(20)17(18)24-3/h4-8,19-20H,1-3H3. The average molecular weight is 344 g/mol. The van der Waals surface area contributed by atoms with Gasteiger partial charge in [0.1, 0.15) is 17.4 Å². The van der Waals surface area contributed by atoms with Crippen LogP contribution in [0.5, 0.6) is 28.7 Å². The summed E-state index contributed by atoms with van der Waals surface area (Å²) in [4.78, 5) is 13.0. The minimum absolute atomic E-state index is 0.0411. The van der Waals surface area contributed by atoms with E-state index in [4.69, 9.17) is 18.6 Å². The summed E-state index contributed by atoms with van der Waals surface area (Å²) in [5, 5.41) is 19.8. The Kier molecular flexibility index (Phi) is 4.14. The van der Waals surface area contributed by atoms with E-state index in [2.05, 4.69) is 0 Å². The predicted octanol–water partition coefficient (Wildman–Crippen LogP) is 2.90. The molecule has 2 N–H and O–H groups in total. The van der Waals surface area contributed by atoms with Crippen LogP contribution in [0.2, 0.25) is 0 Å². The summed E-state index contributed by atoms with van der Waals surface area (Å²) in [6, 6.07) is 5.81. The van der Waals surface area contributed by atoms with Crippen molar-refractivity contribution in [2.75, 3.05) is 21.3 Å². The smallest absolute Gasteiger partial charge is 0.204 e. The van der Waals surface area contributed by atoms with Crippen molar-refractivity contribution in [3.05, 3.63) is 40.8 Å². The summed E-state index contributed by atoms with van der Waals surface area (Å²) in [5.74, 6) is 0.194. The topological polar surface area (TPSA) is 98.4 Å². The van der Waals surface area contributed by atoms with Crippen LogP contribution in [0.25, 0.3) is 22.1 Å². The van der Waals surface area contributed by atoms with Crippen molar-refractivity contribution in [2.45, 2.75) is 0 Å². The van der Waals surface area contributed by atoms with Crippen LogP contribution in [0.3, 0.4) is 0 Å². The molecule has 0 unspecified atom stereocenters. The van der Waals surface area contributed by atoms with Crippen molar-refractivity contribution in [1.82, 2.24) is 0 Å². The number of fused-ring (bicyclic) bond motifs is 1. The molecule has 130 valence electrons. The molecule has 25 heavy (non-hydrogen) atoms. The third-order valence-corrected chi connectivity index (χ3v) is 3.86. The van der Waals surface area contributed by atoms with E-state index < -0.39 is 0 Å². The first-order valence-electron chi connectivity index (χ1n) is 7.28. The Morgan fingerprint density at radius 2 is 1.64 bits per heavy atom. The molecule has 3 aromatic rings. The lowest BCUT2D eigenvalue weighted by Gasteiger charge is -2.12. The Hall–Kier alpha value is -3.35. The molecule has 0 radical (unpaired) electrons. The van der Waals surface area contributed by atoms with Crippen molar-refractivity contribution in [3.63, 3.8) is 0 Å². The number of rotatable bonds is 4. The van der Waals surface area contributed by atoms with Crippen molar-refractivity contribution in [3.8, 4) is 39.9 Å². The fraction of sp³-hybridized carbons (Fsp3) is 0.167. The molecular weight excluding hydrogens is 328 g/mol. The number of methoxy groups -OCH3 is 3. The number of phenolic OH excluding ortho intramolecular Hbond substituents is 2. The maximum atomic E-state index is 13.0. The highest BCUT2D eigenvalue weighted by Crippen LogP contribution is 2.40. The Morgan fingerprint density at radius 3 is 2.28 bits per heavy atom. The van der Waals surface area contributed by atoms with Gasteiger partial charge in [0.05, 0.1) is 26.9 Å². The summed E-state index contributed by atoms with van der Waals surface area (Å²) < 4.78 is 21.0. The Bertz CT molecular complexity index is 1000. The molecule has 1 heterocycles. The van der Waals surface area contributed by atoms with Crippen molar-refractivity contribution in [2.24, 2.45) is 0 Å². The third kappa shape index (κ3) is 2.59. The van der Waals surface area contributed by atoms with E-state index in [1.807, 2.05) is 0 Å². The van der Waals surface area contributed by atoms with Crippen LogP contribution in [0.4, 0.5) is 0 Å². The first kappa shape index (κ1) is 16.5. The summed E-state index contributed by atoms with van der Waals surface area (Å²) in [7, 11) is 4.16. The zero-order valence-corrected chi connectivity index (χ0v) is 13.8. The fourth-order valence-corrected chi connectivity index (χ4v) is 2.64. The highest BCUT2D eigenvalue weighted by molar-refractivity contribution is 5.93. The van der Waals surface area contributed by atoms with Crippen molar-refractivity contribution in [1.29, 1.82) is 0 Å². The van der Waals surface area contributed by atoms with Gasteiger partial charge in [0.25, 0.3) is 0 Å². The molecule has 7 heteroatoms. The van der Waals surface area contributed by atoms with Gasteiger partial charge in [-0.3, -0.25) is 4.79 Å². The molecule has 1 aromatic heterocycles. The molecule has 0 aliphatic carbocycles. The van der Waals surface area contributed by atoms with Gasteiger partial charge in [-0.2, -0.15) is 0 Å². The molecule has 0 saturated carbocycles. The van der Waals surface area contributed by atoms with E-state index in [0.29, 0.717) is 5.56 Å². The molecule has 0 amide bonds. The van der Waals surface area contributed by atoms with E-state index in [9.17, 15) is 15.0 Å². The second-order valence-corrected chi connectivity index (χ2v) is 5.20. The molecule has 3 rings (SSSR count). The zero-order valence-electron chi connectivity index (χ0n) is 13.8. The second-order valence-electron chi connectivity index (χ2n) is 5.20. The summed E-state index contributed by atoms with van der Waals surface area (Å²) in [5.41, 5.74) is 0.458. The minimum Gasteiger partial charge on any atom is -0.504 e. The van der Waals surface area contributed by atoms with E-state index in [1.54, 1.807) is 6.07 Å². The number of benzene rings is 2. The van der Waals surface area contributed by atoms with Crippen LogP contribution in [-0.2, 0) is 0 Å². The van der Waals surface area contributed by atoms with Crippen LogP contribution >= 0.6 is 0 Å². The Balaban J connectivity index is 2.35. The number of aromatic hydroxyl groups is 2. The van der Waals surface area contributed by atoms with Crippen molar-refractivity contribution < 1.29 is 28.8 Å². The number of hydrogen-bond acceptors (Lipinski definition) is 7. The quantitative estimate of drug-likeness (QED) is 0.751. The highest BCUT2D eigenvalue weighted by atomic mass is 16.5. The van der Waals surface area contributed by atoms with Gasteiger partial charge < -0.3 is 28.8 Å². The van der Waals surface area contributed by atoms with Gasteiger partial charge in [-0.15, -0.1) is 0 Å². The molecule has 0 atom stereocenters. The predicted molar refractivity (Wildman–Crippen MR) is 90.9 cm³/mol. The van der Waals surface area contributed by atoms with Crippen LogP contribution in [0.1, 0.15) is 0 Å². The lowest BCUT2D eigenvalue weighted by atomic mass is 10.0. The van der Waals surface area contributed by atoms with E-state index in [0.717, 1.165) is 0 Å². The lowest BCUT2D eigenvalue weighted by molar-refractivity contribution is 0.364. The normalized spacial score (nSPS) is 10.7. The van der Waals surface area contributed by atoms with Crippen molar-refractivity contribution >= 4 is 11.0 Å². The maximum absolute atomic E-state index is 13.0. The Labute approximate surface area is 142 Å². The monoisotopic (exact) mass is 344 g/mol. The second kappa shape index (κ2) is 6.27. The molecular formula is C18H16O7. The zero-order chi connectivity index (χ0) is 18.1. The van der Waals surface area contributed by atoms with Gasteiger partial charge in [0.15, 0.2) is 22.8 Å². The molecule has 2 aromatic carbocycles. The van der Waals surface area contributed by atoms with Gasteiger partial charge in [-0.05, 0) is 17.7 Å². The van der Waals surface area contributed by atoms with Gasteiger partial charge >= 0.3 is 0 Å². The molecule has 0 saturated heterocycles. The SMILES string of the molecule is COc1cc(-c2coc3c(OC)c(O)cc(OC)c3c2=O)ccc1O. The van der Waals surface area contributed by atoms with Crippen LogP contribution in [0.15, 0.2) is 39.7 Å². The maximum Gasteiger partial charge on any atom is 0.204 e. The van der Waals surface area contributed by atoms with Gasteiger partial charge in [0.2, 0.25) is 11.2 Å². The number of ether oxygens (including phenoxy) is 3. The van der Waals surface area contributed by atoms with Crippen LogP contribution in [-0.4, -0.2) is 31.5 Å². The van der Waals surface area contributed by atoms with Gasteiger partial charge in [-0.25, -0.2) is 0 Å². The van der Waals surface area contributed by atoms with Crippen LogP contribution in [0, 0.1) is 0 Å². The van der Waals surface area contributed by atoms with Crippen LogP contribution < -0.4 is 19.6 Å². The highest BCUT2D eigenvalue weighted by Gasteiger charge is 2.21. The molecule has 0 fully saturated rings. The Morgan fingerprint density at radius 1 is 0.920 bits per heavy atom. The molecule has 0 aliphatic rings. The van der Waals surface area contributed by atoms with Gasteiger partial charge in [0, 0.05) is 6.07 Å². The van der Waals surface area contributed by atoms with E-state index in [-0.39, 0.29) is 50.7 Å². The molecule has 0 bridgehead atoms. The number of phenols is 2. The summed E-state index contributed by atoms with van der Waals surface area (Å²) >= 11 is 0. The number of hydrogen-bond donors (Lipinski definition) is 2. The first-order valence-corrected chi connectivity index (χ1v) is 7.28. The molecule has 0 aliphatic heterocycles. The third-order valence-electron chi connectivity index (χ3n) is 3.86. The average Bonchev–Trinajstić information content (AvgIpc) is 2.62. The summed E-state index contributed by atoms with van der Waals surface area (Å²) in [6.07, 6.45) is 1.26. The van der Waals surface area contributed by atoms with E-state index in [1.165, 1.54) is 45.8 Å². The first-order chi connectivity index (χ1) is 12.0. The largest absolute Gasteiger partial charge is 0.504 e. The minimum atomic E-state index is -0.371. The fourth-order valence-electron chi connectivity index (χ4n) is 2.64.